The fourth-order valence-electron chi connectivity index (χ4n) is 2.12. The second kappa shape index (κ2) is 5.29. The number of nitrogens with one attached hydrogen (secondary N) is 1. The summed E-state index contributed by atoms with van der Waals surface area (Å²) in [6.07, 6.45) is 3.56. The largest absolute Gasteiger partial charge is 0.296 e. The van der Waals surface area contributed by atoms with Gasteiger partial charge in [0.1, 0.15) is 0 Å². The number of carbonyl (C=O) groups excluding carboxylic acids is 2. The Hall–Kier alpha value is -1.71. The Kier molecular flexibility index (Phi) is 3.75. The van der Waals surface area contributed by atoms with Crippen LogP contribution in [0, 0.1) is 5.92 Å². The molecule has 1 aliphatic heterocycles. The Morgan fingerprint density at radius 3 is 2.72 bits per heavy atom. The summed E-state index contributed by atoms with van der Waals surface area (Å²) in [6, 6.07) is 4.03. The van der Waals surface area contributed by atoms with Crippen LogP contribution in [0.25, 0.3) is 0 Å². The summed E-state index contributed by atoms with van der Waals surface area (Å²) in [5.74, 6) is -0.00670. The Morgan fingerprint density at radius 1 is 1.39 bits per heavy atom. The average Bonchev–Trinajstić information content (AvgIpc) is 2.33. The van der Waals surface area contributed by atoms with E-state index in [0.29, 0.717) is 25.2 Å². The maximum absolute atomic E-state index is 11.6. The minimum absolute atomic E-state index is 0.102. The van der Waals surface area contributed by atoms with E-state index in [4.69, 9.17) is 0 Å². The molecule has 0 bridgehead atoms. The maximum atomic E-state index is 11.6. The average molecular weight is 246 g/mol. The predicted molar refractivity (Wildman–Crippen MR) is 67.9 cm³/mol. The van der Waals surface area contributed by atoms with Crippen LogP contribution >= 0.6 is 0 Å². The van der Waals surface area contributed by atoms with Crippen LogP contribution in [0.3, 0.4) is 0 Å². The molecule has 2 rings (SSSR count). The van der Waals surface area contributed by atoms with Crippen LogP contribution in [0.5, 0.6) is 0 Å². The highest BCUT2D eigenvalue weighted by atomic mass is 16.2. The normalized spacial score (nSPS) is 20.1. The van der Waals surface area contributed by atoms with Crippen molar-refractivity contribution in [2.75, 3.05) is 0 Å². The summed E-state index contributed by atoms with van der Waals surface area (Å²) < 4.78 is 0. The highest BCUT2D eigenvalue weighted by molar-refractivity contribution is 5.98. The topological polar surface area (TPSA) is 59.1 Å². The summed E-state index contributed by atoms with van der Waals surface area (Å²) in [5, 5.41) is 2.38. The first-order valence-corrected chi connectivity index (χ1v) is 6.35. The van der Waals surface area contributed by atoms with Crippen molar-refractivity contribution in [3.63, 3.8) is 0 Å². The van der Waals surface area contributed by atoms with Gasteiger partial charge in [-0.05, 0) is 30.4 Å². The molecule has 4 nitrogen and oxygen atoms in total. The van der Waals surface area contributed by atoms with Gasteiger partial charge < -0.3 is 0 Å². The van der Waals surface area contributed by atoms with Gasteiger partial charge in [-0.1, -0.05) is 19.9 Å². The van der Waals surface area contributed by atoms with Crippen molar-refractivity contribution in [1.82, 2.24) is 10.3 Å². The van der Waals surface area contributed by atoms with E-state index in [2.05, 4.69) is 24.1 Å². The zero-order chi connectivity index (χ0) is 13.1. The molecule has 2 amide bonds. The molecule has 0 aliphatic carbocycles. The lowest BCUT2D eigenvalue weighted by molar-refractivity contribution is -0.136. The quantitative estimate of drug-likeness (QED) is 0.827. The Balaban J connectivity index is 2.01. The molecule has 0 saturated carbocycles. The summed E-state index contributed by atoms with van der Waals surface area (Å²) in [4.78, 5) is 27.1. The van der Waals surface area contributed by atoms with Gasteiger partial charge in [-0.3, -0.25) is 19.9 Å². The molecule has 0 unspecified atom stereocenters. The van der Waals surface area contributed by atoms with Crippen LogP contribution in [0.1, 0.15) is 43.9 Å². The van der Waals surface area contributed by atoms with Crippen LogP contribution < -0.4 is 5.32 Å². The number of amides is 2. The van der Waals surface area contributed by atoms with Gasteiger partial charge in [0.2, 0.25) is 11.8 Å². The molecule has 0 spiro atoms. The lowest BCUT2D eigenvalue weighted by Crippen LogP contribution is -2.41. The second-order valence-corrected chi connectivity index (χ2v) is 5.10. The lowest BCUT2D eigenvalue weighted by atomic mass is 9.91. The molecular weight excluding hydrogens is 228 g/mol. The number of imide groups is 1. The molecule has 1 aromatic rings. The minimum Gasteiger partial charge on any atom is -0.296 e. The maximum Gasteiger partial charge on any atom is 0.230 e. The fraction of sp³-hybridized carbons (Fsp3) is 0.500. The van der Waals surface area contributed by atoms with Crippen molar-refractivity contribution in [2.24, 2.45) is 5.92 Å². The lowest BCUT2D eigenvalue weighted by Gasteiger charge is -2.20. The number of nitrogens with zero attached hydrogens (tertiary/aromatic N) is 1. The molecule has 1 saturated heterocycles. The molecular formula is C14H18N2O2. The highest BCUT2D eigenvalue weighted by Crippen LogP contribution is 2.19. The summed E-state index contributed by atoms with van der Waals surface area (Å²) in [6.45, 7) is 4.20. The number of aromatic nitrogens is 1. The molecule has 18 heavy (non-hydrogen) atoms. The van der Waals surface area contributed by atoms with Crippen molar-refractivity contribution in [3.8, 4) is 0 Å². The first kappa shape index (κ1) is 12.7. The van der Waals surface area contributed by atoms with Crippen molar-refractivity contribution in [2.45, 2.75) is 39.0 Å². The van der Waals surface area contributed by atoms with Crippen LogP contribution in [0.4, 0.5) is 0 Å². The van der Waals surface area contributed by atoms with Crippen molar-refractivity contribution in [1.29, 1.82) is 0 Å². The van der Waals surface area contributed by atoms with E-state index in [1.54, 1.807) is 0 Å². The van der Waals surface area contributed by atoms with Crippen LogP contribution in [-0.2, 0) is 16.0 Å². The first-order valence-electron chi connectivity index (χ1n) is 6.35. The molecule has 0 aromatic carbocycles. The van der Waals surface area contributed by atoms with Gasteiger partial charge in [-0.25, -0.2) is 0 Å². The number of rotatable bonds is 3. The summed E-state index contributed by atoms with van der Waals surface area (Å²) in [7, 11) is 0. The fourth-order valence-corrected chi connectivity index (χ4v) is 2.12. The number of piperidine rings is 1. The third kappa shape index (κ3) is 2.94. The molecule has 2 heterocycles. The smallest absolute Gasteiger partial charge is 0.230 e. The minimum atomic E-state index is -0.162. The van der Waals surface area contributed by atoms with E-state index >= 15 is 0 Å². The molecule has 96 valence electrons. The third-order valence-electron chi connectivity index (χ3n) is 3.27. The van der Waals surface area contributed by atoms with Gasteiger partial charge in [-0.15, -0.1) is 0 Å². The molecule has 1 aliphatic rings. The van der Waals surface area contributed by atoms with Gasteiger partial charge in [0.05, 0.1) is 0 Å². The SMILES string of the molecule is CC(C)c1ccc(C[C@@H]2CCC(=O)NC2=O)cn1. The molecule has 1 N–H and O–H groups in total. The van der Waals surface area contributed by atoms with Gasteiger partial charge in [0.25, 0.3) is 0 Å². The third-order valence-corrected chi connectivity index (χ3v) is 3.27. The Labute approximate surface area is 107 Å². The molecule has 1 aromatic heterocycles. The summed E-state index contributed by atoms with van der Waals surface area (Å²) >= 11 is 0. The second-order valence-electron chi connectivity index (χ2n) is 5.10. The number of carbonyl (C=O) groups is 2. The number of pyridine rings is 1. The highest BCUT2D eigenvalue weighted by Gasteiger charge is 2.26. The van der Waals surface area contributed by atoms with E-state index < -0.39 is 0 Å². The van der Waals surface area contributed by atoms with E-state index in [9.17, 15) is 9.59 Å². The summed E-state index contributed by atoms with van der Waals surface area (Å²) in [5.41, 5.74) is 2.11. The van der Waals surface area contributed by atoms with Gasteiger partial charge in [-0.2, -0.15) is 0 Å². The van der Waals surface area contributed by atoms with E-state index in [-0.39, 0.29) is 17.7 Å². The van der Waals surface area contributed by atoms with Gasteiger partial charge in [0, 0.05) is 24.2 Å². The zero-order valence-electron chi connectivity index (χ0n) is 10.8. The van der Waals surface area contributed by atoms with Crippen molar-refractivity contribution < 1.29 is 9.59 Å². The van der Waals surface area contributed by atoms with Crippen molar-refractivity contribution in [3.05, 3.63) is 29.6 Å². The van der Waals surface area contributed by atoms with Crippen LogP contribution in [0.2, 0.25) is 0 Å². The first-order chi connectivity index (χ1) is 8.56. The Morgan fingerprint density at radius 2 is 2.17 bits per heavy atom. The van der Waals surface area contributed by atoms with Crippen LogP contribution in [-0.4, -0.2) is 16.8 Å². The Bertz CT molecular complexity index is 451. The van der Waals surface area contributed by atoms with E-state index in [0.717, 1.165) is 11.3 Å². The monoisotopic (exact) mass is 246 g/mol. The molecule has 1 fully saturated rings. The van der Waals surface area contributed by atoms with Crippen molar-refractivity contribution >= 4 is 11.8 Å². The standard InChI is InChI=1S/C14H18N2O2/c1-9(2)12-5-3-10(8-15-12)7-11-4-6-13(17)16-14(11)18/h3,5,8-9,11H,4,6-7H2,1-2H3,(H,16,17,18)/t11-/m0/s1. The number of hydrogen-bond acceptors (Lipinski definition) is 3. The molecule has 0 radical (unpaired) electrons. The molecule has 4 heteroatoms. The molecule has 1 atom stereocenters. The van der Waals surface area contributed by atoms with Crippen LogP contribution in [0.15, 0.2) is 18.3 Å². The van der Waals surface area contributed by atoms with E-state index in [1.165, 1.54) is 0 Å². The number of hydrogen-bond donors (Lipinski definition) is 1. The van der Waals surface area contributed by atoms with Gasteiger partial charge in [0.15, 0.2) is 0 Å². The van der Waals surface area contributed by atoms with Gasteiger partial charge >= 0.3 is 0 Å². The predicted octanol–water partition coefficient (Wildman–Crippen LogP) is 1.80. The zero-order valence-corrected chi connectivity index (χ0v) is 10.8. The van der Waals surface area contributed by atoms with E-state index in [1.807, 2.05) is 18.3 Å².